The van der Waals surface area contributed by atoms with E-state index in [4.69, 9.17) is 4.74 Å². The molecule has 1 aliphatic rings. The molecule has 50 heavy (non-hydrogen) atoms. The van der Waals surface area contributed by atoms with E-state index >= 15 is 0 Å². The van der Waals surface area contributed by atoms with Crippen LogP contribution in [-0.4, -0.2) is 54.9 Å². The Morgan fingerprint density at radius 3 is 1.94 bits per heavy atom. The van der Waals surface area contributed by atoms with Gasteiger partial charge in [-0.25, -0.2) is 0 Å². The summed E-state index contributed by atoms with van der Waals surface area (Å²) in [6.07, 6.45) is 23.2. The summed E-state index contributed by atoms with van der Waals surface area (Å²) in [6.45, 7) is 7.64. The number of nitrogens with one attached hydrogen (secondary N) is 2. The van der Waals surface area contributed by atoms with Gasteiger partial charge in [0.2, 0.25) is 11.8 Å². The smallest absolute Gasteiger partial charge is 0.312 e. The highest BCUT2D eigenvalue weighted by Gasteiger charge is 2.26. The van der Waals surface area contributed by atoms with Gasteiger partial charge >= 0.3 is 5.97 Å². The molecule has 1 atom stereocenters. The molecule has 2 N–H and O–H groups in total. The molecule has 0 fully saturated rings. The molecule has 0 bridgehead atoms. The van der Waals surface area contributed by atoms with Crippen LogP contribution in [0.2, 0.25) is 0 Å². The van der Waals surface area contributed by atoms with E-state index in [2.05, 4.69) is 53.0 Å². The molecule has 280 valence electrons. The Bertz CT molecular complexity index is 1220. The lowest BCUT2D eigenvalue weighted by Gasteiger charge is -2.35. The molecule has 1 aromatic carbocycles. The average molecular weight is 710 g/mol. The van der Waals surface area contributed by atoms with Crippen LogP contribution in [0.1, 0.15) is 152 Å². The molecule has 2 amide bonds. The Hall–Kier alpha value is -2.71. The highest BCUT2D eigenvalue weighted by atomic mass is 32.1. The monoisotopic (exact) mass is 709 g/mol. The van der Waals surface area contributed by atoms with Crippen LogP contribution in [0.4, 0.5) is 0 Å². The van der Waals surface area contributed by atoms with Crippen LogP contribution in [0.5, 0.6) is 5.75 Å². The molecular formula is C42H67N3O4S. The van der Waals surface area contributed by atoms with Gasteiger partial charge in [-0.05, 0) is 86.6 Å². The van der Waals surface area contributed by atoms with E-state index in [1.807, 2.05) is 23.5 Å². The molecular weight excluding hydrogens is 643 g/mol. The maximum atomic E-state index is 12.7. The predicted octanol–water partition coefficient (Wildman–Crippen LogP) is 9.35. The lowest BCUT2D eigenvalue weighted by Crippen LogP contribution is -2.41. The van der Waals surface area contributed by atoms with Gasteiger partial charge in [-0.15, -0.1) is 11.3 Å². The molecule has 2 aromatic rings. The van der Waals surface area contributed by atoms with Crippen LogP contribution in [0, 0.1) is 0 Å². The fraction of sp³-hybridized carbons (Fsp3) is 0.690. The Kier molecular flexibility index (Phi) is 21.8. The van der Waals surface area contributed by atoms with Crippen molar-refractivity contribution in [2.24, 2.45) is 0 Å². The number of thiophene rings is 1. The van der Waals surface area contributed by atoms with Crippen molar-refractivity contribution in [3.63, 3.8) is 0 Å². The van der Waals surface area contributed by atoms with Gasteiger partial charge in [-0.3, -0.25) is 19.3 Å². The number of hydrogen-bond donors (Lipinski definition) is 2. The normalized spacial score (nSPS) is 14.0. The number of fused-ring (bicyclic) bond motifs is 1. The quantitative estimate of drug-likeness (QED) is 0.0523. The van der Waals surface area contributed by atoms with Crippen molar-refractivity contribution in [1.29, 1.82) is 0 Å². The predicted molar refractivity (Wildman–Crippen MR) is 208 cm³/mol. The van der Waals surface area contributed by atoms with Gasteiger partial charge in [0.25, 0.3) is 0 Å². The molecule has 0 saturated heterocycles. The third kappa shape index (κ3) is 17.5. The summed E-state index contributed by atoms with van der Waals surface area (Å²) in [4.78, 5) is 40.7. The van der Waals surface area contributed by atoms with Gasteiger partial charge in [0, 0.05) is 43.4 Å². The standard InChI is InChI=1S/C42H67N3O4S/c1-3-29-43-40(46)23-16-14-12-10-8-6-5-7-9-11-13-15-17-24-41(47)44-30-27-42(48)49-39-22-18-20-35-34-36(25-26-38(35)39)45(31-4-2)32-28-37-21-19-33-50-37/h18-22,33,36H,3-17,23-32,34H2,1-2H3,(H,43,46)(H,44,47)/t36-/m0/s1. The minimum Gasteiger partial charge on any atom is -0.426 e. The summed E-state index contributed by atoms with van der Waals surface area (Å²) in [6, 6.07) is 11.0. The van der Waals surface area contributed by atoms with Crippen LogP contribution < -0.4 is 15.4 Å². The van der Waals surface area contributed by atoms with Crippen LogP contribution in [0.15, 0.2) is 35.7 Å². The molecule has 0 spiro atoms. The molecule has 8 heteroatoms. The number of nitrogens with zero attached hydrogens (tertiary/aromatic N) is 1. The van der Waals surface area contributed by atoms with Gasteiger partial charge in [0.05, 0.1) is 6.42 Å². The number of carbonyl (C=O) groups is 3. The highest BCUT2D eigenvalue weighted by Crippen LogP contribution is 2.32. The number of carbonyl (C=O) groups excluding carboxylic acids is 3. The molecule has 0 radical (unpaired) electrons. The fourth-order valence-corrected chi connectivity index (χ4v) is 7.77. The first-order chi connectivity index (χ1) is 24.5. The summed E-state index contributed by atoms with van der Waals surface area (Å²) in [5, 5.41) is 8.01. The van der Waals surface area contributed by atoms with Gasteiger partial charge in [0.15, 0.2) is 0 Å². The SMILES string of the molecule is CCCNC(=O)CCCCCCCCCCCCCCCC(=O)NCCC(=O)Oc1cccc2c1CC[C@H](N(CCC)CCc1cccs1)C2. The third-order valence-corrected chi connectivity index (χ3v) is 10.9. The topological polar surface area (TPSA) is 87.7 Å². The van der Waals surface area contributed by atoms with Crippen molar-refractivity contribution in [2.45, 2.75) is 161 Å². The van der Waals surface area contributed by atoms with E-state index in [1.165, 1.54) is 73.8 Å². The lowest BCUT2D eigenvalue weighted by molar-refractivity contribution is -0.134. The number of rotatable bonds is 28. The highest BCUT2D eigenvalue weighted by molar-refractivity contribution is 7.09. The van der Waals surface area contributed by atoms with E-state index in [0.717, 1.165) is 83.8 Å². The first-order valence-electron chi connectivity index (χ1n) is 20.1. The summed E-state index contributed by atoms with van der Waals surface area (Å²) in [5.74, 6) is 0.633. The maximum Gasteiger partial charge on any atom is 0.312 e. The van der Waals surface area contributed by atoms with Crippen LogP contribution in [-0.2, 0) is 33.6 Å². The van der Waals surface area contributed by atoms with E-state index < -0.39 is 0 Å². The van der Waals surface area contributed by atoms with Crippen molar-refractivity contribution in [1.82, 2.24) is 15.5 Å². The van der Waals surface area contributed by atoms with E-state index in [0.29, 0.717) is 31.2 Å². The lowest BCUT2D eigenvalue weighted by atomic mass is 9.86. The van der Waals surface area contributed by atoms with Crippen LogP contribution in [0.3, 0.4) is 0 Å². The summed E-state index contributed by atoms with van der Waals surface area (Å²) < 4.78 is 5.82. The number of benzene rings is 1. The minimum absolute atomic E-state index is 0.0244. The molecule has 7 nitrogen and oxygen atoms in total. The van der Waals surface area contributed by atoms with E-state index in [1.54, 1.807) is 0 Å². The van der Waals surface area contributed by atoms with Crippen molar-refractivity contribution < 1.29 is 19.1 Å². The second-order valence-electron chi connectivity index (χ2n) is 14.2. The molecule has 0 saturated carbocycles. The molecule has 0 unspecified atom stereocenters. The van der Waals surface area contributed by atoms with Gasteiger partial charge < -0.3 is 15.4 Å². The number of ether oxygens (including phenoxy) is 1. The molecule has 0 aliphatic heterocycles. The zero-order valence-corrected chi connectivity index (χ0v) is 32.2. The molecule has 1 aromatic heterocycles. The first kappa shape index (κ1) is 41.7. The van der Waals surface area contributed by atoms with Crippen LogP contribution in [0.25, 0.3) is 0 Å². The zero-order chi connectivity index (χ0) is 35.7. The van der Waals surface area contributed by atoms with Crippen molar-refractivity contribution >= 4 is 29.1 Å². The van der Waals surface area contributed by atoms with Crippen molar-refractivity contribution in [3.8, 4) is 5.75 Å². The number of esters is 1. The molecule has 1 heterocycles. The summed E-state index contributed by atoms with van der Waals surface area (Å²) >= 11 is 1.84. The summed E-state index contributed by atoms with van der Waals surface area (Å²) in [5.41, 5.74) is 2.46. The van der Waals surface area contributed by atoms with Crippen LogP contribution >= 0.6 is 11.3 Å². The summed E-state index contributed by atoms with van der Waals surface area (Å²) in [7, 11) is 0. The zero-order valence-electron chi connectivity index (χ0n) is 31.4. The second-order valence-corrected chi connectivity index (χ2v) is 15.2. The van der Waals surface area contributed by atoms with Gasteiger partial charge in [-0.2, -0.15) is 0 Å². The first-order valence-corrected chi connectivity index (χ1v) is 21.0. The maximum absolute atomic E-state index is 12.7. The second kappa shape index (κ2) is 26.1. The fourth-order valence-electron chi connectivity index (χ4n) is 7.07. The Labute approximate surface area is 307 Å². The number of hydrogen-bond acceptors (Lipinski definition) is 6. The van der Waals surface area contributed by atoms with Gasteiger partial charge in [-0.1, -0.05) is 103 Å². The third-order valence-electron chi connectivity index (χ3n) is 9.92. The largest absolute Gasteiger partial charge is 0.426 e. The Morgan fingerprint density at radius 1 is 0.740 bits per heavy atom. The van der Waals surface area contributed by atoms with E-state index in [9.17, 15) is 14.4 Å². The molecule has 1 aliphatic carbocycles. The Morgan fingerprint density at radius 2 is 1.36 bits per heavy atom. The average Bonchev–Trinajstić information content (AvgIpc) is 3.64. The Balaban J connectivity index is 1.17. The van der Waals surface area contributed by atoms with E-state index in [-0.39, 0.29) is 24.2 Å². The molecule has 3 rings (SSSR count). The van der Waals surface area contributed by atoms with Crippen molar-refractivity contribution in [2.75, 3.05) is 26.2 Å². The van der Waals surface area contributed by atoms with Crippen molar-refractivity contribution in [3.05, 3.63) is 51.7 Å². The number of amides is 2. The van der Waals surface area contributed by atoms with Gasteiger partial charge in [0.1, 0.15) is 5.75 Å². The minimum atomic E-state index is -0.284. The number of unbranched alkanes of at least 4 members (excludes halogenated alkanes) is 12.